The Morgan fingerprint density at radius 1 is 1.11 bits per heavy atom. The van der Waals surface area contributed by atoms with Crippen molar-refractivity contribution in [3.8, 4) is 0 Å². The molecule has 18 heavy (non-hydrogen) atoms. The van der Waals surface area contributed by atoms with Gasteiger partial charge in [-0.1, -0.05) is 18.2 Å². The van der Waals surface area contributed by atoms with Crippen molar-refractivity contribution >= 4 is 18.6 Å². The molecule has 2 aromatic rings. The fraction of sp³-hybridized carbons (Fsp3) is 0.0714. The van der Waals surface area contributed by atoms with Crippen LogP contribution in [-0.4, -0.2) is 5.97 Å². The quantitative estimate of drug-likeness (QED) is 0.677. The summed E-state index contributed by atoms with van der Waals surface area (Å²) in [6, 6.07) is 12.8. The highest BCUT2D eigenvalue weighted by Crippen LogP contribution is 2.12. The second-order valence-corrected chi connectivity index (χ2v) is 4.23. The van der Waals surface area contributed by atoms with E-state index in [1.54, 1.807) is 42.5 Å². The number of hydrogen-bond acceptors (Lipinski definition) is 3. The van der Waals surface area contributed by atoms with Gasteiger partial charge in [0.15, 0.2) is 0 Å². The van der Waals surface area contributed by atoms with Crippen molar-refractivity contribution in [1.29, 1.82) is 0 Å². The van der Waals surface area contributed by atoms with Crippen LogP contribution in [0.2, 0.25) is 0 Å². The predicted octanol–water partition coefficient (Wildman–Crippen LogP) is 3.47. The molecular weight excluding hydrogens is 251 g/mol. The minimum Gasteiger partial charge on any atom is -0.457 e. The van der Waals surface area contributed by atoms with Crippen LogP contribution in [0.15, 0.2) is 53.4 Å². The third kappa shape index (κ3) is 3.11. The molecule has 2 aromatic carbocycles. The van der Waals surface area contributed by atoms with Gasteiger partial charge in [0.25, 0.3) is 0 Å². The van der Waals surface area contributed by atoms with Gasteiger partial charge in [0.1, 0.15) is 12.4 Å². The zero-order valence-electron chi connectivity index (χ0n) is 9.47. The van der Waals surface area contributed by atoms with Crippen LogP contribution in [0.4, 0.5) is 4.39 Å². The molecule has 0 saturated carbocycles. The summed E-state index contributed by atoms with van der Waals surface area (Å²) in [6.07, 6.45) is 0. The van der Waals surface area contributed by atoms with Gasteiger partial charge in [-0.3, -0.25) is 0 Å². The molecular formula is C14H11FO2S. The molecule has 0 heterocycles. The van der Waals surface area contributed by atoms with Gasteiger partial charge in [-0.15, -0.1) is 12.6 Å². The van der Waals surface area contributed by atoms with Crippen LogP contribution in [0.25, 0.3) is 0 Å². The van der Waals surface area contributed by atoms with E-state index in [-0.39, 0.29) is 12.4 Å². The third-order valence-electron chi connectivity index (χ3n) is 2.42. The lowest BCUT2D eigenvalue weighted by molar-refractivity contribution is 0.0469. The van der Waals surface area contributed by atoms with Crippen molar-refractivity contribution in [3.05, 3.63) is 65.5 Å². The van der Waals surface area contributed by atoms with Crippen LogP contribution in [0.3, 0.4) is 0 Å². The maximum absolute atomic E-state index is 13.3. The van der Waals surface area contributed by atoms with E-state index >= 15 is 0 Å². The van der Waals surface area contributed by atoms with Crippen LogP contribution in [0, 0.1) is 5.82 Å². The van der Waals surface area contributed by atoms with Crippen molar-refractivity contribution in [1.82, 2.24) is 0 Å². The van der Waals surface area contributed by atoms with E-state index in [1.807, 2.05) is 0 Å². The van der Waals surface area contributed by atoms with Crippen molar-refractivity contribution < 1.29 is 13.9 Å². The number of rotatable bonds is 3. The zero-order valence-corrected chi connectivity index (χ0v) is 10.4. The van der Waals surface area contributed by atoms with Crippen LogP contribution in [0.5, 0.6) is 0 Å². The first-order valence-corrected chi connectivity index (χ1v) is 5.81. The van der Waals surface area contributed by atoms with E-state index in [0.717, 1.165) is 4.90 Å². The molecule has 0 amide bonds. The fourth-order valence-corrected chi connectivity index (χ4v) is 1.59. The van der Waals surface area contributed by atoms with E-state index in [4.69, 9.17) is 4.74 Å². The minimum atomic E-state index is -0.480. The van der Waals surface area contributed by atoms with Crippen LogP contribution >= 0.6 is 12.6 Å². The Hall–Kier alpha value is -1.81. The van der Waals surface area contributed by atoms with E-state index < -0.39 is 5.97 Å². The molecule has 92 valence electrons. The Labute approximate surface area is 110 Å². The number of halogens is 1. The topological polar surface area (TPSA) is 26.3 Å². The Morgan fingerprint density at radius 2 is 1.78 bits per heavy atom. The normalized spacial score (nSPS) is 10.1. The largest absolute Gasteiger partial charge is 0.457 e. The number of ether oxygens (including phenoxy) is 1. The Bertz CT molecular complexity index is 552. The number of thiol groups is 1. The monoisotopic (exact) mass is 262 g/mol. The molecule has 0 spiro atoms. The molecule has 0 saturated heterocycles. The number of esters is 1. The number of carbonyl (C=O) groups excluding carboxylic acids is 1. The summed E-state index contributed by atoms with van der Waals surface area (Å²) >= 11 is 4.12. The van der Waals surface area contributed by atoms with Crippen LogP contribution in [-0.2, 0) is 11.3 Å². The van der Waals surface area contributed by atoms with Gasteiger partial charge >= 0.3 is 5.97 Å². The minimum absolute atomic E-state index is 0.0753. The van der Waals surface area contributed by atoms with Crippen molar-refractivity contribution in [2.45, 2.75) is 11.5 Å². The molecule has 0 unspecified atom stereocenters. The summed E-state index contributed by atoms with van der Waals surface area (Å²) in [6.45, 7) is -0.0753. The van der Waals surface area contributed by atoms with Gasteiger partial charge in [-0.25, -0.2) is 9.18 Å². The Morgan fingerprint density at radius 3 is 2.44 bits per heavy atom. The molecule has 0 atom stereocenters. The Kier molecular flexibility index (Phi) is 3.99. The molecule has 0 aliphatic rings. The maximum Gasteiger partial charge on any atom is 0.338 e. The summed E-state index contributed by atoms with van der Waals surface area (Å²) in [7, 11) is 0. The van der Waals surface area contributed by atoms with Crippen molar-refractivity contribution in [2.75, 3.05) is 0 Å². The number of hydrogen-bond donors (Lipinski definition) is 1. The van der Waals surface area contributed by atoms with Gasteiger partial charge in [-0.2, -0.15) is 0 Å². The molecule has 0 radical (unpaired) electrons. The highest BCUT2D eigenvalue weighted by molar-refractivity contribution is 7.80. The average Bonchev–Trinajstić information content (AvgIpc) is 2.38. The van der Waals surface area contributed by atoms with Crippen LogP contribution < -0.4 is 0 Å². The second-order valence-electron chi connectivity index (χ2n) is 3.71. The molecule has 0 N–H and O–H groups in total. The summed E-state index contributed by atoms with van der Waals surface area (Å²) in [5, 5.41) is 0. The number of carbonyl (C=O) groups is 1. The number of benzene rings is 2. The smallest absolute Gasteiger partial charge is 0.338 e. The molecule has 0 fully saturated rings. The fourth-order valence-electron chi connectivity index (χ4n) is 1.44. The Balaban J connectivity index is 2.01. The molecule has 0 aliphatic heterocycles. The zero-order chi connectivity index (χ0) is 13.0. The summed E-state index contributed by atoms with van der Waals surface area (Å²) in [5.74, 6) is -0.859. The molecule has 2 rings (SSSR count). The lowest BCUT2D eigenvalue weighted by atomic mass is 10.2. The first-order valence-electron chi connectivity index (χ1n) is 5.36. The molecule has 0 bridgehead atoms. The highest BCUT2D eigenvalue weighted by atomic mass is 32.1. The second kappa shape index (κ2) is 5.69. The van der Waals surface area contributed by atoms with E-state index in [0.29, 0.717) is 11.1 Å². The SMILES string of the molecule is O=C(OCc1ccccc1F)c1ccc(S)cc1. The van der Waals surface area contributed by atoms with Crippen molar-refractivity contribution in [3.63, 3.8) is 0 Å². The molecule has 0 aromatic heterocycles. The lowest BCUT2D eigenvalue weighted by Gasteiger charge is -2.05. The van der Waals surface area contributed by atoms with E-state index in [9.17, 15) is 9.18 Å². The predicted molar refractivity (Wildman–Crippen MR) is 69.2 cm³/mol. The highest BCUT2D eigenvalue weighted by Gasteiger charge is 2.08. The van der Waals surface area contributed by atoms with Gasteiger partial charge in [0.2, 0.25) is 0 Å². The van der Waals surface area contributed by atoms with Crippen LogP contribution in [0.1, 0.15) is 15.9 Å². The summed E-state index contributed by atoms with van der Waals surface area (Å²) in [4.78, 5) is 12.4. The molecule has 0 aliphatic carbocycles. The van der Waals surface area contributed by atoms with Gasteiger partial charge in [0.05, 0.1) is 5.56 Å². The standard InChI is InChI=1S/C14H11FO2S/c15-13-4-2-1-3-11(13)9-17-14(16)10-5-7-12(18)8-6-10/h1-8,18H,9H2. The first-order chi connectivity index (χ1) is 8.66. The molecule has 4 heteroatoms. The summed E-state index contributed by atoms with van der Waals surface area (Å²) in [5.41, 5.74) is 0.779. The first kappa shape index (κ1) is 12.6. The van der Waals surface area contributed by atoms with Gasteiger partial charge in [0, 0.05) is 10.5 Å². The van der Waals surface area contributed by atoms with Gasteiger partial charge < -0.3 is 4.74 Å². The third-order valence-corrected chi connectivity index (χ3v) is 2.72. The van der Waals surface area contributed by atoms with E-state index in [1.165, 1.54) is 6.07 Å². The average molecular weight is 262 g/mol. The molecule has 2 nitrogen and oxygen atoms in total. The van der Waals surface area contributed by atoms with E-state index in [2.05, 4.69) is 12.6 Å². The van der Waals surface area contributed by atoms with Crippen molar-refractivity contribution in [2.24, 2.45) is 0 Å². The summed E-state index contributed by atoms with van der Waals surface area (Å²) < 4.78 is 18.3. The lowest BCUT2D eigenvalue weighted by Crippen LogP contribution is -2.06. The maximum atomic E-state index is 13.3. The van der Waals surface area contributed by atoms with Gasteiger partial charge in [-0.05, 0) is 30.3 Å².